The maximum atomic E-state index is 10.7. The van der Waals surface area contributed by atoms with Crippen LogP contribution in [-0.2, 0) is 13.2 Å². The number of anilines is 1. The van der Waals surface area contributed by atoms with Crippen molar-refractivity contribution in [2.45, 2.75) is 20.1 Å². The van der Waals surface area contributed by atoms with E-state index < -0.39 is 4.92 Å². The Morgan fingerprint density at radius 2 is 1.64 bits per heavy atom. The molecule has 0 aliphatic rings. The smallest absolute Gasteiger partial charge is 0.269 e. The van der Waals surface area contributed by atoms with E-state index in [4.69, 9.17) is 4.74 Å². The summed E-state index contributed by atoms with van der Waals surface area (Å²) in [5.74, 6) is 0.693. The van der Waals surface area contributed by atoms with E-state index >= 15 is 0 Å². The summed E-state index contributed by atoms with van der Waals surface area (Å²) in [5.41, 5.74) is 4.33. The molecule has 0 aromatic heterocycles. The summed E-state index contributed by atoms with van der Waals surface area (Å²) in [5, 5.41) is 14.2. The number of benzene rings is 3. The summed E-state index contributed by atoms with van der Waals surface area (Å²) < 4.78 is 7.58. The van der Waals surface area contributed by atoms with Gasteiger partial charge in [0, 0.05) is 24.4 Å². The number of hydrogen-bond donors (Lipinski definition) is 1. The zero-order valence-electron chi connectivity index (χ0n) is 15.1. The lowest BCUT2D eigenvalue weighted by atomic mass is 10.1. The molecule has 0 atom stereocenters. The minimum Gasteiger partial charge on any atom is -0.487 e. The molecule has 3 aromatic carbocycles. The van der Waals surface area contributed by atoms with E-state index in [0.717, 1.165) is 25.8 Å². The molecule has 0 radical (unpaired) electrons. The molecule has 0 saturated carbocycles. The van der Waals surface area contributed by atoms with Gasteiger partial charge in [0.2, 0.25) is 0 Å². The molecule has 0 bridgehead atoms. The lowest BCUT2D eigenvalue weighted by Crippen LogP contribution is -2.02. The molecule has 0 heterocycles. The zero-order valence-corrected chi connectivity index (χ0v) is 18.3. The van der Waals surface area contributed by atoms with E-state index in [1.165, 1.54) is 17.7 Å². The van der Waals surface area contributed by atoms with Gasteiger partial charge in [-0.2, -0.15) is 0 Å². The molecule has 0 aliphatic carbocycles. The number of halogens is 2. The molecule has 0 fully saturated rings. The maximum absolute atomic E-state index is 10.7. The van der Waals surface area contributed by atoms with Crippen molar-refractivity contribution in [1.82, 2.24) is 0 Å². The summed E-state index contributed by atoms with van der Waals surface area (Å²) in [4.78, 5) is 10.3. The summed E-state index contributed by atoms with van der Waals surface area (Å²) in [6, 6.07) is 18.5. The monoisotopic (exact) mass is 504 g/mol. The van der Waals surface area contributed by atoms with Gasteiger partial charge in [0.25, 0.3) is 5.69 Å². The van der Waals surface area contributed by atoms with Crippen molar-refractivity contribution in [2.24, 2.45) is 0 Å². The van der Waals surface area contributed by atoms with Crippen LogP contribution in [0.15, 0.2) is 69.6 Å². The number of nitrogens with one attached hydrogen (secondary N) is 1. The number of nitro benzene ring substituents is 1. The van der Waals surface area contributed by atoms with E-state index in [9.17, 15) is 10.1 Å². The second-order valence-corrected chi connectivity index (χ2v) is 7.98. The van der Waals surface area contributed by atoms with Gasteiger partial charge in [-0.15, -0.1) is 0 Å². The molecule has 3 rings (SSSR count). The summed E-state index contributed by atoms with van der Waals surface area (Å²) in [6.07, 6.45) is 0. The third-order valence-electron chi connectivity index (χ3n) is 4.22. The van der Waals surface area contributed by atoms with Crippen molar-refractivity contribution in [2.75, 3.05) is 5.32 Å². The van der Waals surface area contributed by atoms with Crippen LogP contribution in [0.4, 0.5) is 11.4 Å². The van der Waals surface area contributed by atoms with Crippen molar-refractivity contribution in [3.8, 4) is 5.75 Å². The van der Waals surface area contributed by atoms with Crippen molar-refractivity contribution in [1.29, 1.82) is 0 Å². The van der Waals surface area contributed by atoms with Crippen LogP contribution in [0.2, 0.25) is 0 Å². The van der Waals surface area contributed by atoms with E-state index in [2.05, 4.69) is 56.2 Å². The molecule has 3 aromatic rings. The van der Waals surface area contributed by atoms with Crippen LogP contribution < -0.4 is 10.1 Å². The van der Waals surface area contributed by atoms with Crippen LogP contribution in [0.3, 0.4) is 0 Å². The lowest BCUT2D eigenvalue weighted by molar-refractivity contribution is -0.384. The molecule has 5 nitrogen and oxygen atoms in total. The predicted molar refractivity (Wildman–Crippen MR) is 118 cm³/mol. The Morgan fingerprint density at radius 3 is 2.25 bits per heavy atom. The van der Waals surface area contributed by atoms with Gasteiger partial charge < -0.3 is 10.1 Å². The fraction of sp³-hybridized carbons (Fsp3) is 0.143. The van der Waals surface area contributed by atoms with Crippen LogP contribution in [0.5, 0.6) is 5.75 Å². The maximum Gasteiger partial charge on any atom is 0.269 e. The second-order valence-electron chi connectivity index (χ2n) is 6.27. The average molecular weight is 506 g/mol. The average Bonchev–Trinajstić information content (AvgIpc) is 2.67. The lowest BCUT2D eigenvalue weighted by Gasteiger charge is -2.14. The second kappa shape index (κ2) is 9.21. The highest BCUT2D eigenvalue weighted by atomic mass is 79.9. The Hall–Kier alpha value is -2.38. The molecule has 1 N–H and O–H groups in total. The topological polar surface area (TPSA) is 64.4 Å². The van der Waals surface area contributed by atoms with E-state index in [1.807, 2.05) is 24.3 Å². The Morgan fingerprint density at radius 1 is 1.00 bits per heavy atom. The van der Waals surface area contributed by atoms with Crippen LogP contribution in [0.25, 0.3) is 0 Å². The summed E-state index contributed by atoms with van der Waals surface area (Å²) in [6.45, 7) is 3.07. The fourth-order valence-electron chi connectivity index (χ4n) is 2.69. The largest absolute Gasteiger partial charge is 0.487 e. The number of ether oxygens (including phenoxy) is 1. The van der Waals surface area contributed by atoms with E-state index in [0.29, 0.717) is 18.9 Å². The first-order chi connectivity index (χ1) is 13.4. The minimum absolute atomic E-state index is 0.0663. The molecule has 7 heteroatoms. The van der Waals surface area contributed by atoms with Crippen molar-refractivity contribution in [3.63, 3.8) is 0 Å². The minimum atomic E-state index is -0.415. The quantitative estimate of drug-likeness (QED) is 0.289. The Kier molecular flexibility index (Phi) is 6.70. The van der Waals surface area contributed by atoms with Crippen molar-refractivity contribution < 1.29 is 9.66 Å². The molecule has 28 heavy (non-hydrogen) atoms. The van der Waals surface area contributed by atoms with Crippen LogP contribution in [0.1, 0.15) is 16.7 Å². The highest BCUT2D eigenvalue weighted by Crippen LogP contribution is 2.35. The highest BCUT2D eigenvalue weighted by molar-refractivity contribution is 9.11. The van der Waals surface area contributed by atoms with Gasteiger partial charge in [0.15, 0.2) is 0 Å². The molecular weight excluding hydrogens is 488 g/mol. The number of nitrogens with zero attached hydrogens (tertiary/aromatic N) is 1. The van der Waals surface area contributed by atoms with E-state index in [-0.39, 0.29) is 5.69 Å². The number of rotatable bonds is 7. The van der Waals surface area contributed by atoms with E-state index in [1.54, 1.807) is 12.1 Å². The molecule has 0 aliphatic heterocycles. The van der Waals surface area contributed by atoms with Gasteiger partial charge in [0.1, 0.15) is 12.4 Å². The summed E-state index contributed by atoms with van der Waals surface area (Å²) in [7, 11) is 0. The standard InChI is InChI=1S/C21H18Br2N2O3/c1-14-4-2-3-5-20(14)24-12-16-10-18(22)21(19(23)11-16)28-13-15-6-8-17(9-7-15)25(26)27/h2-11,24H,12-13H2,1H3. The first-order valence-electron chi connectivity index (χ1n) is 8.57. The van der Waals surface area contributed by atoms with Crippen LogP contribution >= 0.6 is 31.9 Å². The van der Waals surface area contributed by atoms with Crippen molar-refractivity contribution in [3.05, 3.63) is 96.4 Å². The van der Waals surface area contributed by atoms with Crippen molar-refractivity contribution >= 4 is 43.2 Å². The number of hydrogen-bond acceptors (Lipinski definition) is 4. The normalized spacial score (nSPS) is 10.5. The number of para-hydroxylation sites is 1. The first-order valence-corrected chi connectivity index (χ1v) is 10.2. The Labute approximate surface area is 180 Å². The fourth-order valence-corrected chi connectivity index (χ4v) is 4.20. The zero-order chi connectivity index (χ0) is 20.1. The van der Waals surface area contributed by atoms with Gasteiger partial charge >= 0.3 is 0 Å². The van der Waals surface area contributed by atoms with Crippen LogP contribution in [-0.4, -0.2) is 4.92 Å². The third kappa shape index (κ3) is 5.11. The summed E-state index contributed by atoms with van der Waals surface area (Å²) >= 11 is 7.14. The molecule has 0 saturated heterocycles. The van der Waals surface area contributed by atoms with Gasteiger partial charge in [0.05, 0.1) is 13.9 Å². The molecule has 0 unspecified atom stereocenters. The van der Waals surface area contributed by atoms with Gasteiger partial charge in [-0.05, 0) is 85.8 Å². The number of aryl methyl sites for hydroxylation is 1. The third-order valence-corrected chi connectivity index (χ3v) is 5.39. The molecule has 144 valence electrons. The molecule has 0 amide bonds. The first kappa shape index (κ1) is 20.4. The SMILES string of the molecule is Cc1ccccc1NCc1cc(Br)c(OCc2ccc([N+](=O)[O-])cc2)c(Br)c1. The van der Waals surface area contributed by atoms with Gasteiger partial charge in [-0.25, -0.2) is 0 Å². The Bertz CT molecular complexity index is 968. The van der Waals surface area contributed by atoms with Gasteiger partial charge in [-0.1, -0.05) is 18.2 Å². The molecule has 0 spiro atoms. The number of nitro groups is 1. The highest BCUT2D eigenvalue weighted by Gasteiger charge is 2.11. The predicted octanol–water partition coefficient (Wildman–Crippen LogP) is 6.62. The molecular formula is C21H18Br2N2O3. The number of non-ortho nitro benzene ring substituents is 1. The van der Waals surface area contributed by atoms with Crippen LogP contribution in [0, 0.1) is 17.0 Å². The van der Waals surface area contributed by atoms with Gasteiger partial charge in [-0.3, -0.25) is 10.1 Å². The Balaban J connectivity index is 1.66.